The Morgan fingerprint density at radius 3 is 2.52 bits per heavy atom. The third-order valence-electron chi connectivity index (χ3n) is 2.52. The van der Waals surface area contributed by atoms with Crippen LogP contribution in [-0.4, -0.2) is 33.3 Å². The van der Waals surface area contributed by atoms with E-state index in [-0.39, 0.29) is 0 Å². The van der Waals surface area contributed by atoms with Crippen LogP contribution >= 0.6 is 0 Å². The molecule has 0 spiro atoms. The Morgan fingerprint density at radius 1 is 1.14 bits per heavy atom. The molecule has 0 bridgehead atoms. The van der Waals surface area contributed by atoms with Gasteiger partial charge < -0.3 is 19.9 Å². The smallest absolute Gasteiger partial charge is 0.323 e. The Hall–Kier alpha value is -2.38. The van der Waals surface area contributed by atoms with E-state index in [2.05, 4.69) is 37.7 Å². The molecule has 114 valence electrons. The van der Waals surface area contributed by atoms with Gasteiger partial charge in [0, 0.05) is 12.6 Å². The number of hydrogen-bond acceptors (Lipinski definition) is 8. The van der Waals surface area contributed by atoms with E-state index in [0.717, 1.165) is 18.7 Å². The molecule has 0 amide bonds. The maximum atomic E-state index is 5.35. The molecule has 2 aromatic heterocycles. The van der Waals surface area contributed by atoms with Gasteiger partial charge in [-0.2, -0.15) is 15.0 Å². The minimum absolute atomic E-state index is 0.294. The van der Waals surface area contributed by atoms with Crippen molar-refractivity contribution in [3.05, 3.63) is 17.5 Å². The minimum atomic E-state index is 0.294. The van der Waals surface area contributed by atoms with Gasteiger partial charge in [0.1, 0.15) is 0 Å². The lowest BCUT2D eigenvalue weighted by Gasteiger charge is -2.08. The Labute approximate surface area is 123 Å². The van der Waals surface area contributed by atoms with Crippen molar-refractivity contribution in [1.29, 1.82) is 0 Å². The van der Waals surface area contributed by atoms with Crippen molar-refractivity contribution in [2.45, 2.75) is 33.7 Å². The first-order valence-electron chi connectivity index (χ1n) is 7.00. The fraction of sp³-hybridized carbons (Fsp3) is 0.538. The van der Waals surface area contributed by atoms with Crippen molar-refractivity contribution in [2.24, 2.45) is 0 Å². The molecular formula is C13H20N6O2. The van der Waals surface area contributed by atoms with Crippen LogP contribution in [0.3, 0.4) is 0 Å². The molecule has 0 aromatic carbocycles. The maximum absolute atomic E-state index is 5.35. The second-order valence-electron chi connectivity index (χ2n) is 4.41. The van der Waals surface area contributed by atoms with Crippen LogP contribution in [0.5, 0.6) is 6.01 Å². The molecule has 0 aliphatic carbocycles. The van der Waals surface area contributed by atoms with Gasteiger partial charge in [0.2, 0.25) is 11.9 Å². The number of nitrogens with one attached hydrogen (secondary N) is 2. The molecule has 8 nitrogen and oxygen atoms in total. The Morgan fingerprint density at radius 2 is 1.90 bits per heavy atom. The number of ether oxygens (including phenoxy) is 1. The number of anilines is 2. The second kappa shape index (κ2) is 7.41. The highest BCUT2D eigenvalue weighted by molar-refractivity contribution is 5.36. The van der Waals surface area contributed by atoms with E-state index in [0.29, 0.717) is 36.8 Å². The van der Waals surface area contributed by atoms with Crippen LogP contribution in [0.1, 0.15) is 31.7 Å². The average molecular weight is 292 g/mol. The number of hydrogen-bond donors (Lipinski definition) is 2. The second-order valence-corrected chi connectivity index (χ2v) is 4.41. The Bertz CT molecular complexity index is 572. The van der Waals surface area contributed by atoms with E-state index < -0.39 is 0 Å². The summed E-state index contributed by atoms with van der Waals surface area (Å²) < 4.78 is 10.5. The highest BCUT2D eigenvalue weighted by Crippen LogP contribution is 2.12. The molecule has 2 rings (SSSR count). The monoisotopic (exact) mass is 292 g/mol. The van der Waals surface area contributed by atoms with E-state index >= 15 is 0 Å². The summed E-state index contributed by atoms with van der Waals surface area (Å²) >= 11 is 0. The fourth-order valence-electron chi connectivity index (χ4n) is 1.61. The van der Waals surface area contributed by atoms with Crippen LogP contribution in [0, 0.1) is 6.92 Å². The van der Waals surface area contributed by atoms with Crippen LogP contribution in [-0.2, 0) is 6.54 Å². The third-order valence-corrected chi connectivity index (χ3v) is 2.52. The van der Waals surface area contributed by atoms with Crippen molar-refractivity contribution in [2.75, 3.05) is 23.8 Å². The zero-order chi connectivity index (χ0) is 15.1. The summed E-state index contributed by atoms with van der Waals surface area (Å²) in [6.07, 6.45) is 0.982. The van der Waals surface area contributed by atoms with E-state index in [1.165, 1.54) is 0 Å². The first kappa shape index (κ1) is 15.0. The summed E-state index contributed by atoms with van der Waals surface area (Å²) in [5, 5.41) is 10.0. The molecular weight excluding hydrogens is 272 g/mol. The summed E-state index contributed by atoms with van der Waals surface area (Å²) in [4.78, 5) is 12.7. The molecule has 8 heteroatoms. The quantitative estimate of drug-likeness (QED) is 0.762. The normalized spacial score (nSPS) is 10.4. The van der Waals surface area contributed by atoms with Crippen LogP contribution in [0.15, 0.2) is 10.6 Å². The molecule has 21 heavy (non-hydrogen) atoms. The molecule has 0 atom stereocenters. The molecule has 0 radical (unpaired) electrons. The van der Waals surface area contributed by atoms with Crippen molar-refractivity contribution in [3.8, 4) is 6.01 Å². The van der Waals surface area contributed by atoms with Crippen molar-refractivity contribution in [3.63, 3.8) is 0 Å². The van der Waals surface area contributed by atoms with Gasteiger partial charge in [0.15, 0.2) is 5.76 Å². The lowest BCUT2D eigenvalue weighted by Crippen LogP contribution is -2.11. The van der Waals surface area contributed by atoms with Gasteiger partial charge in [-0.1, -0.05) is 12.1 Å². The van der Waals surface area contributed by atoms with Crippen LogP contribution in [0.4, 0.5) is 11.9 Å². The van der Waals surface area contributed by atoms with Gasteiger partial charge in [-0.3, -0.25) is 0 Å². The number of aryl methyl sites for hydroxylation is 1. The SMILES string of the molecule is CCCNc1nc(NCc2cc(C)no2)nc(OCC)n1. The van der Waals surface area contributed by atoms with Gasteiger partial charge in [0.25, 0.3) is 0 Å². The van der Waals surface area contributed by atoms with Gasteiger partial charge in [0.05, 0.1) is 18.8 Å². The zero-order valence-corrected chi connectivity index (χ0v) is 12.5. The number of nitrogens with zero attached hydrogens (tertiary/aromatic N) is 4. The third kappa shape index (κ3) is 4.59. The molecule has 0 aliphatic rings. The molecule has 2 heterocycles. The number of aromatic nitrogens is 4. The molecule has 0 fully saturated rings. The van der Waals surface area contributed by atoms with Gasteiger partial charge in [-0.25, -0.2) is 0 Å². The van der Waals surface area contributed by atoms with Gasteiger partial charge >= 0.3 is 6.01 Å². The molecule has 2 N–H and O–H groups in total. The summed E-state index contributed by atoms with van der Waals surface area (Å²) in [5.74, 6) is 1.64. The predicted molar refractivity (Wildman–Crippen MR) is 78.3 cm³/mol. The van der Waals surface area contributed by atoms with Gasteiger partial charge in [-0.05, 0) is 20.3 Å². The molecule has 0 aliphatic heterocycles. The topological polar surface area (TPSA) is 98.0 Å². The summed E-state index contributed by atoms with van der Waals surface area (Å²) in [6, 6.07) is 2.15. The van der Waals surface area contributed by atoms with E-state index in [1.54, 1.807) is 0 Å². The Kier molecular flexibility index (Phi) is 5.30. The van der Waals surface area contributed by atoms with Crippen LogP contribution in [0.2, 0.25) is 0 Å². The maximum Gasteiger partial charge on any atom is 0.323 e. The fourth-order valence-corrected chi connectivity index (χ4v) is 1.61. The molecule has 0 saturated carbocycles. The van der Waals surface area contributed by atoms with E-state index in [9.17, 15) is 0 Å². The molecule has 0 saturated heterocycles. The highest BCUT2D eigenvalue weighted by Gasteiger charge is 2.08. The molecule has 2 aromatic rings. The van der Waals surface area contributed by atoms with Crippen molar-refractivity contribution < 1.29 is 9.26 Å². The zero-order valence-electron chi connectivity index (χ0n) is 12.5. The van der Waals surface area contributed by atoms with Crippen molar-refractivity contribution >= 4 is 11.9 Å². The van der Waals surface area contributed by atoms with E-state index in [1.807, 2.05) is 19.9 Å². The largest absolute Gasteiger partial charge is 0.464 e. The highest BCUT2D eigenvalue weighted by atomic mass is 16.5. The number of rotatable bonds is 8. The first-order chi connectivity index (χ1) is 10.2. The lowest BCUT2D eigenvalue weighted by atomic mass is 10.4. The Balaban J connectivity index is 2.07. The molecule has 0 unspecified atom stereocenters. The summed E-state index contributed by atoms with van der Waals surface area (Å²) in [7, 11) is 0. The standard InChI is InChI=1S/C13H20N6O2/c1-4-6-14-11-16-12(18-13(17-11)20-5-2)15-8-10-7-9(3)19-21-10/h7H,4-6,8H2,1-3H3,(H2,14,15,16,17,18). The first-order valence-corrected chi connectivity index (χ1v) is 7.00. The van der Waals surface area contributed by atoms with E-state index in [4.69, 9.17) is 9.26 Å². The predicted octanol–water partition coefficient (Wildman–Crippen LogP) is 2.00. The summed E-state index contributed by atoms with van der Waals surface area (Å²) in [5.41, 5.74) is 0.836. The summed E-state index contributed by atoms with van der Waals surface area (Å²) in [6.45, 7) is 7.56. The lowest BCUT2D eigenvalue weighted by molar-refractivity contribution is 0.312. The average Bonchev–Trinajstić information content (AvgIpc) is 2.89. The van der Waals surface area contributed by atoms with Gasteiger partial charge in [-0.15, -0.1) is 0 Å². The van der Waals surface area contributed by atoms with Crippen LogP contribution < -0.4 is 15.4 Å². The van der Waals surface area contributed by atoms with Crippen LogP contribution in [0.25, 0.3) is 0 Å². The minimum Gasteiger partial charge on any atom is -0.464 e. The van der Waals surface area contributed by atoms with Crippen molar-refractivity contribution in [1.82, 2.24) is 20.1 Å².